The van der Waals surface area contributed by atoms with Crippen molar-refractivity contribution in [3.63, 3.8) is 0 Å². The molecule has 0 atom stereocenters. The number of rotatable bonds is 4. The molecule has 0 aromatic heterocycles. The number of nitrogens with two attached hydrogens (primary N) is 1. The number of thiol groups is 1. The van der Waals surface area contributed by atoms with Crippen LogP contribution >= 0.6 is 24.4 Å². The second-order valence-electron chi connectivity index (χ2n) is 5.21. The molecule has 1 aliphatic carbocycles. The van der Waals surface area contributed by atoms with E-state index in [2.05, 4.69) is 48.3 Å². The number of hydrazine groups is 2. The van der Waals surface area contributed by atoms with E-state index >= 15 is 0 Å². The summed E-state index contributed by atoms with van der Waals surface area (Å²) in [6.07, 6.45) is 3.80. The lowest BCUT2D eigenvalue weighted by Crippen LogP contribution is -2.32. The largest absolute Gasteiger partial charge is 0.362 e. The Morgan fingerprint density at radius 3 is 2.60 bits per heavy atom. The highest BCUT2D eigenvalue weighted by atomic mass is 35.5. The van der Waals surface area contributed by atoms with Crippen LogP contribution in [0.3, 0.4) is 0 Å². The molecule has 4 N–H and O–H groups in total. The van der Waals surface area contributed by atoms with Crippen molar-refractivity contribution in [2.75, 3.05) is 12.4 Å². The molecular weight excluding hydrogens is 359 g/mol. The Bertz CT molecular complexity index is 695. The lowest BCUT2D eigenvalue weighted by atomic mass is 10.2. The van der Waals surface area contributed by atoms with Crippen LogP contribution in [0.15, 0.2) is 54.1 Å². The summed E-state index contributed by atoms with van der Waals surface area (Å²) in [5, 5.41) is 3.09. The van der Waals surface area contributed by atoms with Crippen molar-refractivity contribution in [3.05, 3.63) is 71.7 Å². The van der Waals surface area contributed by atoms with Crippen molar-refractivity contribution in [3.8, 4) is 0 Å². The number of fused-ring (bicyclic) bond motifs is 1. The first-order chi connectivity index (χ1) is 11.9. The van der Waals surface area contributed by atoms with Crippen LogP contribution < -0.4 is 16.7 Å². The molecule has 0 saturated heterocycles. The summed E-state index contributed by atoms with van der Waals surface area (Å²) in [4.78, 5) is 0.430. The van der Waals surface area contributed by atoms with Gasteiger partial charge in [-0.25, -0.2) is 4.39 Å². The molecule has 25 heavy (non-hydrogen) atoms. The average Bonchev–Trinajstić information content (AvgIpc) is 3.39. The molecule has 0 bridgehead atoms. The molecule has 2 aromatic carbocycles. The van der Waals surface area contributed by atoms with E-state index in [9.17, 15) is 4.39 Å². The first-order valence-electron chi connectivity index (χ1n) is 7.74. The number of nitrogens with one attached hydrogen (secondary N) is 2. The molecule has 0 radical (unpaired) electrons. The van der Waals surface area contributed by atoms with Crippen molar-refractivity contribution >= 4 is 30.1 Å². The number of aryl methyl sites for hydroxylation is 1. The van der Waals surface area contributed by atoms with E-state index in [0.717, 1.165) is 22.9 Å². The molecule has 3 rings (SSSR count). The summed E-state index contributed by atoms with van der Waals surface area (Å²) in [7, 11) is 1.58. The number of benzene rings is 2. The molecule has 4 nitrogen and oxygen atoms in total. The van der Waals surface area contributed by atoms with Crippen molar-refractivity contribution < 1.29 is 4.39 Å². The smallest absolute Gasteiger partial charge is 0.136 e. The number of hydrogen-bond donors (Lipinski definition) is 4. The van der Waals surface area contributed by atoms with Crippen LogP contribution in [0.2, 0.25) is 0 Å². The molecule has 0 saturated carbocycles. The van der Waals surface area contributed by atoms with Gasteiger partial charge in [0.1, 0.15) is 5.82 Å². The molecule has 136 valence electrons. The highest BCUT2D eigenvalue weighted by molar-refractivity contribution is 7.80. The van der Waals surface area contributed by atoms with Crippen LogP contribution in [-0.2, 0) is 12.8 Å². The summed E-state index contributed by atoms with van der Waals surface area (Å²) in [5.41, 5.74) is 7.37. The van der Waals surface area contributed by atoms with Gasteiger partial charge in [-0.05, 0) is 59.3 Å². The Kier molecular flexibility index (Phi) is 9.55. The monoisotopic (exact) mass is 382 g/mol. The Hall–Kier alpha value is -1.57. The van der Waals surface area contributed by atoms with Crippen LogP contribution in [0, 0.1) is 5.82 Å². The van der Waals surface area contributed by atoms with Gasteiger partial charge < -0.3 is 5.32 Å². The van der Waals surface area contributed by atoms with Crippen molar-refractivity contribution in [2.45, 2.75) is 24.7 Å². The zero-order valence-electron chi connectivity index (χ0n) is 14.4. The van der Waals surface area contributed by atoms with Gasteiger partial charge in [0.15, 0.2) is 0 Å². The molecular formula is C18H24ClFN4S. The standard InChI is InChI=1S/C9H9N.C8H9FS.CH6ClN3/c1-2-10-9-5-3-4-7-6-8(7)9;1-2-6-3-4-7(9)8(10)5-6;1-5(2)4-3/h2-5,10H,1,6H2;3-5,10H,2H2,1H3;4H,3H2,1H3. The Labute approximate surface area is 159 Å². The maximum atomic E-state index is 12.6. The maximum Gasteiger partial charge on any atom is 0.136 e. The molecule has 1 aliphatic rings. The normalized spacial score (nSPS) is 10.7. The first-order valence-corrected chi connectivity index (χ1v) is 8.52. The minimum atomic E-state index is -0.250. The molecule has 0 aliphatic heterocycles. The van der Waals surface area contributed by atoms with E-state index in [1.165, 1.54) is 22.9 Å². The number of hydrogen-bond acceptors (Lipinski definition) is 5. The predicted octanol–water partition coefficient (Wildman–Crippen LogP) is 4.27. The van der Waals surface area contributed by atoms with E-state index < -0.39 is 0 Å². The quantitative estimate of drug-likeness (QED) is 0.235. The lowest BCUT2D eigenvalue weighted by molar-refractivity contribution is 0.411. The van der Waals surface area contributed by atoms with Gasteiger partial charge in [-0.15, -0.1) is 17.2 Å². The van der Waals surface area contributed by atoms with Crippen molar-refractivity contribution in [2.24, 2.45) is 5.84 Å². The lowest BCUT2D eigenvalue weighted by Gasteiger charge is -1.98. The fourth-order valence-electron chi connectivity index (χ4n) is 1.96. The average molecular weight is 383 g/mol. The van der Waals surface area contributed by atoms with E-state index in [4.69, 9.17) is 17.6 Å². The fourth-order valence-corrected chi connectivity index (χ4v) is 2.20. The molecule has 7 heteroatoms. The Morgan fingerprint density at radius 1 is 1.40 bits per heavy atom. The second-order valence-corrected chi connectivity index (χ2v) is 6.20. The topological polar surface area (TPSA) is 53.3 Å². The van der Waals surface area contributed by atoms with Crippen LogP contribution in [-0.4, -0.2) is 11.6 Å². The fraction of sp³-hybridized carbons (Fsp3) is 0.222. The van der Waals surface area contributed by atoms with Crippen LogP contribution in [0.4, 0.5) is 10.1 Å². The van der Waals surface area contributed by atoms with Gasteiger partial charge in [0.25, 0.3) is 0 Å². The molecule has 0 unspecified atom stereocenters. The minimum Gasteiger partial charge on any atom is -0.362 e. The van der Waals surface area contributed by atoms with E-state index in [1.54, 1.807) is 25.4 Å². The molecule has 0 heterocycles. The predicted molar refractivity (Wildman–Crippen MR) is 107 cm³/mol. The highest BCUT2D eigenvalue weighted by Crippen LogP contribution is 2.34. The summed E-state index contributed by atoms with van der Waals surface area (Å²) in [6, 6.07) is 11.3. The van der Waals surface area contributed by atoms with Gasteiger partial charge in [-0.3, -0.25) is 5.84 Å². The van der Waals surface area contributed by atoms with Crippen LogP contribution in [0.1, 0.15) is 23.6 Å². The summed E-state index contributed by atoms with van der Waals surface area (Å²) in [6.45, 7) is 5.64. The molecule has 0 spiro atoms. The van der Waals surface area contributed by atoms with Gasteiger partial charge in [0.05, 0.1) is 0 Å². The third-order valence-corrected chi connectivity index (χ3v) is 3.81. The SMILES string of the molecule is C=CNc1cccc2c1C2.CCc1ccc(F)c(S)c1.CN(Cl)NN. The first kappa shape index (κ1) is 21.5. The van der Waals surface area contributed by atoms with Gasteiger partial charge in [-0.2, -0.15) is 5.53 Å². The minimum absolute atomic E-state index is 0.250. The van der Waals surface area contributed by atoms with Gasteiger partial charge in [0.2, 0.25) is 0 Å². The summed E-state index contributed by atoms with van der Waals surface area (Å²) < 4.78 is 13.7. The number of anilines is 1. The van der Waals surface area contributed by atoms with Gasteiger partial charge in [-0.1, -0.05) is 31.7 Å². The second kappa shape index (κ2) is 11.1. The van der Waals surface area contributed by atoms with E-state index in [1.807, 2.05) is 6.92 Å². The van der Waals surface area contributed by atoms with Crippen molar-refractivity contribution in [1.82, 2.24) is 10.1 Å². The zero-order valence-corrected chi connectivity index (χ0v) is 16.0. The number of nitrogens with zero attached hydrogens (tertiary/aromatic N) is 1. The van der Waals surface area contributed by atoms with Gasteiger partial charge >= 0.3 is 0 Å². The molecule has 0 amide bonds. The summed E-state index contributed by atoms with van der Waals surface area (Å²) in [5.74, 6) is 4.47. The third-order valence-electron chi connectivity index (χ3n) is 3.37. The Morgan fingerprint density at radius 2 is 2.08 bits per heavy atom. The molecule has 0 fully saturated rings. The third kappa shape index (κ3) is 7.90. The molecule has 2 aromatic rings. The van der Waals surface area contributed by atoms with Crippen LogP contribution in [0.25, 0.3) is 0 Å². The highest BCUT2D eigenvalue weighted by Gasteiger charge is 2.18. The van der Waals surface area contributed by atoms with Crippen LogP contribution in [0.5, 0.6) is 0 Å². The van der Waals surface area contributed by atoms with Crippen molar-refractivity contribution in [1.29, 1.82) is 0 Å². The number of halogens is 2. The van der Waals surface area contributed by atoms with Gasteiger partial charge in [0, 0.05) is 24.1 Å². The summed E-state index contributed by atoms with van der Waals surface area (Å²) >= 11 is 9.01. The van der Waals surface area contributed by atoms with E-state index in [-0.39, 0.29) is 5.82 Å². The van der Waals surface area contributed by atoms with E-state index in [0.29, 0.717) is 4.90 Å². The Balaban J connectivity index is 0.000000200. The maximum absolute atomic E-state index is 12.6. The zero-order chi connectivity index (χ0) is 18.8.